The first-order valence-corrected chi connectivity index (χ1v) is 7.23. The molecule has 1 aliphatic carbocycles. The number of nitrogens with one attached hydrogen (secondary N) is 1. The summed E-state index contributed by atoms with van der Waals surface area (Å²) in [6.07, 6.45) is 6.05. The van der Waals surface area contributed by atoms with Gasteiger partial charge in [-0.3, -0.25) is 5.32 Å². The molecule has 0 radical (unpaired) electrons. The molecule has 18 heavy (non-hydrogen) atoms. The Bertz CT molecular complexity index is 295. The van der Waals surface area contributed by atoms with Crippen LogP contribution in [0.2, 0.25) is 0 Å². The van der Waals surface area contributed by atoms with Crippen LogP contribution in [-0.4, -0.2) is 61.7 Å². The van der Waals surface area contributed by atoms with Crippen molar-refractivity contribution in [2.24, 2.45) is 0 Å². The zero-order valence-electron chi connectivity index (χ0n) is 11.7. The number of likely N-dealkylation sites (N-methyl/N-ethyl adjacent to an activating group) is 2. The van der Waals surface area contributed by atoms with Crippen LogP contribution in [0.25, 0.3) is 0 Å². The Balaban J connectivity index is 1.69. The minimum Gasteiger partial charge on any atom is -0.305 e. The number of likely N-dealkylation sites (tertiary alicyclic amines) is 1. The van der Waals surface area contributed by atoms with E-state index in [2.05, 4.69) is 35.3 Å². The van der Waals surface area contributed by atoms with E-state index >= 15 is 0 Å². The van der Waals surface area contributed by atoms with Gasteiger partial charge in [0, 0.05) is 25.2 Å². The van der Waals surface area contributed by atoms with E-state index in [-0.39, 0.29) is 6.04 Å². The highest BCUT2D eigenvalue weighted by atomic mass is 15.2. The molecule has 4 nitrogen and oxygen atoms in total. The molecule has 0 spiro atoms. The van der Waals surface area contributed by atoms with Gasteiger partial charge in [-0.15, -0.1) is 0 Å². The Kier molecular flexibility index (Phi) is 4.99. The summed E-state index contributed by atoms with van der Waals surface area (Å²) in [5, 5.41) is 12.5. The largest absolute Gasteiger partial charge is 0.305 e. The number of piperidine rings is 1. The van der Waals surface area contributed by atoms with Crippen LogP contribution in [0, 0.1) is 11.3 Å². The van der Waals surface area contributed by atoms with E-state index in [4.69, 9.17) is 5.26 Å². The molecule has 1 aliphatic heterocycles. The fourth-order valence-corrected chi connectivity index (χ4v) is 2.73. The van der Waals surface area contributed by atoms with Gasteiger partial charge >= 0.3 is 0 Å². The predicted molar refractivity (Wildman–Crippen MR) is 73.3 cm³/mol. The Morgan fingerprint density at radius 1 is 1.44 bits per heavy atom. The van der Waals surface area contributed by atoms with E-state index in [1.165, 1.54) is 38.8 Å². The fraction of sp³-hybridized carbons (Fsp3) is 0.929. The molecule has 1 N–H and O–H groups in total. The average Bonchev–Trinajstić information content (AvgIpc) is 3.18. The van der Waals surface area contributed by atoms with Crippen molar-refractivity contribution in [2.75, 3.05) is 33.7 Å². The van der Waals surface area contributed by atoms with Gasteiger partial charge in [0.1, 0.15) is 0 Å². The molecule has 102 valence electrons. The molecule has 2 unspecified atom stereocenters. The van der Waals surface area contributed by atoms with Gasteiger partial charge in [-0.25, -0.2) is 0 Å². The number of hydrogen-bond donors (Lipinski definition) is 1. The Morgan fingerprint density at radius 2 is 2.22 bits per heavy atom. The zero-order chi connectivity index (χ0) is 13.0. The van der Waals surface area contributed by atoms with Crippen LogP contribution in [0.4, 0.5) is 0 Å². The highest BCUT2D eigenvalue weighted by Gasteiger charge is 2.25. The summed E-state index contributed by atoms with van der Waals surface area (Å²) in [5.41, 5.74) is 0. The lowest BCUT2D eigenvalue weighted by Gasteiger charge is -2.36. The first-order chi connectivity index (χ1) is 8.69. The molecule has 1 heterocycles. The van der Waals surface area contributed by atoms with Crippen molar-refractivity contribution >= 4 is 0 Å². The van der Waals surface area contributed by atoms with Crippen LogP contribution in [0.15, 0.2) is 0 Å². The lowest BCUT2D eigenvalue weighted by Crippen LogP contribution is -2.46. The number of rotatable bonds is 6. The van der Waals surface area contributed by atoms with Crippen LogP contribution >= 0.6 is 0 Å². The van der Waals surface area contributed by atoms with Gasteiger partial charge in [0.2, 0.25) is 0 Å². The smallest absolute Gasteiger partial charge is 0.0967 e. The topological polar surface area (TPSA) is 42.3 Å². The quantitative estimate of drug-likeness (QED) is 0.765. The Morgan fingerprint density at radius 3 is 2.83 bits per heavy atom. The summed E-state index contributed by atoms with van der Waals surface area (Å²) in [5.74, 6) is 0. The van der Waals surface area contributed by atoms with Crippen LogP contribution in [0.5, 0.6) is 0 Å². The van der Waals surface area contributed by atoms with E-state index in [1.807, 2.05) is 0 Å². The molecular weight excluding hydrogens is 224 g/mol. The zero-order valence-corrected chi connectivity index (χ0v) is 11.7. The van der Waals surface area contributed by atoms with Gasteiger partial charge in [0.05, 0.1) is 12.1 Å². The van der Waals surface area contributed by atoms with Gasteiger partial charge < -0.3 is 9.80 Å². The third-order valence-electron chi connectivity index (χ3n) is 4.16. The summed E-state index contributed by atoms with van der Waals surface area (Å²) in [4.78, 5) is 4.85. The van der Waals surface area contributed by atoms with Gasteiger partial charge in [-0.1, -0.05) is 0 Å². The monoisotopic (exact) mass is 250 g/mol. The van der Waals surface area contributed by atoms with E-state index in [1.54, 1.807) is 0 Å². The standard InChI is InChI=1S/C14H26N4/c1-17-8-3-4-14(11-17)18(2)9-7-13(10-15)16-12-5-6-12/h12-14,16H,3-9,11H2,1-2H3. The Hall–Kier alpha value is -0.630. The molecule has 4 heteroatoms. The third-order valence-corrected chi connectivity index (χ3v) is 4.16. The average molecular weight is 250 g/mol. The molecule has 0 bridgehead atoms. The SMILES string of the molecule is CN1CCCC(N(C)CCC(C#N)NC2CC2)C1. The molecule has 0 aromatic carbocycles. The van der Waals surface area contributed by atoms with Crippen molar-refractivity contribution in [2.45, 2.75) is 50.2 Å². The van der Waals surface area contributed by atoms with Crippen molar-refractivity contribution in [3.63, 3.8) is 0 Å². The summed E-state index contributed by atoms with van der Waals surface area (Å²) in [6.45, 7) is 3.43. The molecule has 2 fully saturated rings. The number of hydrogen-bond acceptors (Lipinski definition) is 4. The highest BCUT2D eigenvalue weighted by Crippen LogP contribution is 2.20. The van der Waals surface area contributed by atoms with Crippen LogP contribution in [-0.2, 0) is 0 Å². The van der Waals surface area contributed by atoms with Crippen LogP contribution < -0.4 is 5.32 Å². The van der Waals surface area contributed by atoms with Crippen molar-refractivity contribution in [3.05, 3.63) is 0 Å². The van der Waals surface area contributed by atoms with E-state index in [0.29, 0.717) is 12.1 Å². The second-order valence-corrected chi connectivity index (χ2v) is 5.95. The molecule has 0 aromatic rings. The lowest BCUT2D eigenvalue weighted by molar-refractivity contribution is 0.132. The van der Waals surface area contributed by atoms with Crippen molar-refractivity contribution in [1.82, 2.24) is 15.1 Å². The second kappa shape index (κ2) is 6.51. The first-order valence-electron chi connectivity index (χ1n) is 7.23. The van der Waals surface area contributed by atoms with Crippen LogP contribution in [0.1, 0.15) is 32.1 Å². The van der Waals surface area contributed by atoms with Crippen molar-refractivity contribution in [1.29, 1.82) is 5.26 Å². The minimum atomic E-state index is 0.0428. The maximum atomic E-state index is 9.13. The van der Waals surface area contributed by atoms with Gasteiger partial charge in [0.25, 0.3) is 0 Å². The first kappa shape index (κ1) is 13.8. The minimum absolute atomic E-state index is 0.0428. The molecule has 0 aromatic heterocycles. The summed E-state index contributed by atoms with van der Waals surface area (Å²) >= 11 is 0. The van der Waals surface area contributed by atoms with Crippen molar-refractivity contribution in [3.8, 4) is 6.07 Å². The third kappa shape index (κ3) is 4.24. The van der Waals surface area contributed by atoms with E-state index in [0.717, 1.165) is 13.0 Å². The molecule has 0 amide bonds. The summed E-state index contributed by atoms with van der Waals surface area (Å²) < 4.78 is 0. The molecular formula is C14H26N4. The molecule has 1 saturated heterocycles. The van der Waals surface area contributed by atoms with E-state index < -0.39 is 0 Å². The number of nitrogens with zero attached hydrogens (tertiary/aromatic N) is 3. The molecule has 2 aliphatic rings. The molecule has 2 rings (SSSR count). The van der Waals surface area contributed by atoms with E-state index in [9.17, 15) is 0 Å². The summed E-state index contributed by atoms with van der Waals surface area (Å²) in [7, 11) is 4.40. The van der Waals surface area contributed by atoms with Gasteiger partial charge in [-0.05, 0) is 52.7 Å². The van der Waals surface area contributed by atoms with Crippen molar-refractivity contribution < 1.29 is 0 Å². The number of nitriles is 1. The van der Waals surface area contributed by atoms with Gasteiger partial charge in [-0.2, -0.15) is 5.26 Å². The Labute approximate surface area is 111 Å². The predicted octanol–water partition coefficient (Wildman–Crippen LogP) is 1.05. The van der Waals surface area contributed by atoms with Gasteiger partial charge in [0.15, 0.2) is 0 Å². The molecule has 1 saturated carbocycles. The second-order valence-electron chi connectivity index (χ2n) is 5.95. The highest BCUT2D eigenvalue weighted by molar-refractivity contribution is 4.96. The fourth-order valence-electron chi connectivity index (χ4n) is 2.73. The van der Waals surface area contributed by atoms with Crippen LogP contribution in [0.3, 0.4) is 0 Å². The lowest BCUT2D eigenvalue weighted by atomic mass is 10.0. The summed E-state index contributed by atoms with van der Waals surface area (Å²) in [6, 6.07) is 3.73. The maximum absolute atomic E-state index is 9.13. The normalized spacial score (nSPS) is 27.1. The molecule has 2 atom stereocenters. The maximum Gasteiger partial charge on any atom is 0.0967 e.